The maximum absolute atomic E-state index is 13.2. The molecule has 2 heterocycles. The third kappa shape index (κ3) is 2.68. The molecular weight excluding hydrogens is 262 g/mol. The van der Waals surface area contributed by atoms with E-state index in [-0.39, 0.29) is 11.5 Å². The van der Waals surface area contributed by atoms with Crippen LogP contribution in [0.5, 0.6) is 0 Å². The van der Waals surface area contributed by atoms with Gasteiger partial charge in [0, 0.05) is 30.8 Å². The average Bonchev–Trinajstić information content (AvgIpc) is 3.07. The maximum Gasteiger partial charge on any atom is 0.254 e. The van der Waals surface area contributed by atoms with Gasteiger partial charge in [0.25, 0.3) is 5.91 Å². The summed E-state index contributed by atoms with van der Waals surface area (Å²) in [6, 6.07) is 3.40. The minimum absolute atomic E-state index is 0.101. The monoisotopic (exact) mass is 280 g/mol. The number of carbonyl (C=O) groups is 1. The Kier molecular flexibility index (Phi) is 3.70. The SMILES string of the molecule is O=C(c1cc(F)cc(F)c1)N1CCC(N2CCCC2)C1. The van der Waals surface area contributed by atoms with E-state index in [1.54, 1.807) is 4.90 Å². The molecule has 2 fully saturated rings. The van der Waals surface area contributed by atoms with Gasteiger partial charge >= 0.3 is 0 Å². The molecule has 3 nitrogen and oxygen atoms in total. The van der Waals surface area contributed by atoms with Crippen LogP contribution in [0.25, 0.3) is 0 Å². The van der Waals surface area contributed by atoms with E-state index < -0.39 is 11.6 Å². The normalized spacial score (nSPS) is 23.5. The van der Waals surface area contributed by atoms with Crippen molar-refractivity contribution in [3.8, 4) is 0 Å². The average molecular weight is 280 g/mol. The molecule has 2 aliphatic heterocycles. The standard InChI is InChI=1S/C15H18F2N2O/c16-12-7-11(8-13(17)9-12)15(20)19-6-3-14(10-19)18-4-1-2-5-18/h7-9,14H,1-6,10H2. The minimum Gasteiger partial charge on any atom is -0.337 e. The van der Waals surface area contributed by atoms with Gasteiger partial charge in [0.05, 0.1) is 0 Å². The largest absolute Gasteiger partial charge is 0.337 e. The Morgan fingerprint density at radius 1 is 1.05 bits per heavy atom. The van der Waals surface area contributed by atoms with Crippen LogP contribution in [0.2, 0.25) is 0 Å². The van der Waals surface area contributed by atoms with Crippen LogP contribution in [-0.2, 0) is 0 Å². The highest BCUT2D eigenvalue weighted by atomic mass is 19.1. The van der Waals surface area contributed by atoms with Gasteiger partial charge in [-0.2, -0.15) is 0 Å². The summed E-state index contributed by atoms with van der Waals surface area (Å²) in [5.41, 5.74) is 0.101. The van der Waals surface area contributed by atoms with Crippen molar-refractivity contribution >= 4 is 5.91 Å². The number of hydrogen-bond acceptors (Lipinski definition) is 2. The fourth-order valence-corrected chi connectivity index (χ4v) is 3.19. The number of benzene rings is 1. The first-order chi connectivity index (χ1) is 9.63. The van der Waals surface area contributed by atoms with Crippen LogP contribution in [0.1, 0.15) is 29.6 Å². The van der Waals surface area contributed by atoms with Crippen LogP contribution < -0.4 is 0 Å². The lowest BCUT2D eigenvalue weighted by atomic mass is 10.2. The third-order valence-corrected chi connectivity index (χ3v) is 4.22. The van der Waals surface area contributed by atoms with Crippen molar-refractivity contribution in [2.45, 2.75) is 25.3 Å². The van der Waals surface area contributed by atoms with Crippen LogP contribution in [0.3, 0.4) is 0 Å². The second-order valence-corrected chi connectivity index (χ2v) is 5.59. The zero-order chi connectivity index (χ0) is 14.1. The number of halogens is 2. The lowest BCUT2D eigenvalue weighted by Crippen LogP contribution is -2.37. The molecule has 2 aliphatic rings. The Morgan fingerprint density at radius 2 is 1.70 bits per heavy atom. The first-order valence-corrected chi connectivity index (χ1v) is 7.13. The highest BCUT2D eigenvalue weighted by Crippen LogP contribution is 2.22. The molecule has 0 bridgehead atoms. The van der Waals surface area contributed by atoms with Crippen LogP contribution in [0.4, 0.5) is 8.78 Å². The van der Waals surface area contributed by atoms with Gasteiger partial charge in [-0.1, -0.05) is 0 Å². The summed E-state index contributed by atoms with van der Waals surface area (Å²) >= 11 is 0. The lowest BCUT2D eigenvalue weighted by Gasteiger charge is -2.23. The molecule has 0 aromatic heterocycles. The Bertz CT molecular complexity index is 494. The van der Waals surface area contributed by atoms with Crippen LogP contribution >= 0.6 is 0 Å². The minimum atomic E-state index is -0.705. The molecular formula is C15H18F2N2O. The van der Waals surface area contributed by atoms with Gasteiger partial charge < -0.3 is 4.90 Å². The number of nitrogens with zero attached hydrogens (tertiary/aromatic N) is 2. The van der Waals surface area contributed by atoms with Gasteiger partial charge in [-0.25, -0.2) is 8.78 Å². The second kappa shape index (κ2) is 5.48. The van der Waals surface area contributed by atoms with Crippen molar-refractivity contribution in [1.29, 1.82) is 0 Å². The summed E-state index contributed by atoms with van der Waals surface area (Å²) in [6.07, 6.45) is 3.39. The molecule has 20 heavy (non-hydrogen) atoms. The van der Waals surface area contributed by atoms with E-state index in [4.69, 9.17) is 0 Å². The third-order valence-electron chi connectivity index (χ3n) is 4.22. The van der Waals surface area contributed by atoms with Crippen molar-refractivity contribution in [2.75, 3.05) is 26.2 Å². The van der Waals surface area contributed by atoms with E-state index in [0.717, 1.165) is 37.7 Å². The van der Waals surface area contributed by atoms with Crippen LogP contribution in [0.15, 0.2) is 18.2 Å². The van der Waals surface area contributed by atoms with E-state index >= 15 is 0 Å². The van der Waals surface area contributed by atoms with E-state index in [9.17, 15) is 13.6 Å². The number of likely N-dealkylation sites (tertiary alicyclic amines) is 2. The molecule has 1 aromatic carbocycles. The zero-order valence-electron chi connectivity index (χ0n) is 11.3. The Labute approximate surface area is 117 Å². The van der Waals surface area contributed by atoms with E-state index in [1.807, 2.05) is 0 Å². The molecule has 3 rings (SSSR count). The molecule has 0 radical (unpaired) electrons. The smallest absolute Gasteiger partial charge is 0.254 e. The van der Waals surface area contributed by atoms with Crippen molar-refractivity contribution < 1.29 is 13.6 Å². The predicted octanol–water partition coefficient (Wildman–Crippen LogP) is 2.28. The number of hydrogen-bond donors (Lipinski definition) is 0. The molecule has 1 unspecified atom stereocenters. The molecule has 0 spiro atoms. The Morgan fingerprint density at radius 3 is 2.35 bits per heavy atom. The van der Waals surface area contributed by atoms with Crippen molar-refractivity contribution in [1.82, 2.24) is 9.80 Å². The van der Waals surface area contributed by atoms with Gasteiger partial charge in [0.2, 0.25) is 0 Å². The van der Waals surface area contributed by atoms with E-state index in [2.05, 4.69) is 4.90 Å². The van der Waals surface area contributed by atoms with Gasteiger partial charge in [-0.3, -0.25) is 9.69 Å². The molecule has 1 amide bonds. The predicted molar refractivity (Wildman–Crippen MR) is 71.5 cm³/mol. The molecule has 5 heteroatoms. The molecule has 1 aromatic rings. The first kappa shape index (κ1) is 13.5. The summed E-state index contributed by atoms with van der Waals surface area (Å²) in [6.45, 7) is 3.53. The van der Waals surface area contributed by atoms with Crippen LogP contribution in [0, 0.1) is 11.6 Å². The molecule has 108 valence electrons. The van der Waals surface area contributed by atoms with Crippen molar-refractivity contribution in [2.24, 2.45) is 0 Å². The Hall–Kier alpha value is -1.49. The topological polar surface area (TPSA) is 23.6 Å². The van der Waals surface area contributed by atoms with Crippen molar-refractivity contribution in [3.63, 3.8) is 0 Å². The second-order valence-electron chi connectivity index (χ2n) is 5.59. The molecule has 0 N–H and O–H groups in total. The summed E-state index contributed by atoms with van der Waals surface area (Å²) in [7, 11) is 0. The van der Waals surface area contributed by atoms with Crippen LogP contribution in [-0.4, -0.2) is 47.9 Å². The summed E-state index contributed by atoms with van der Waals surface area (Å²) in [4.78, 5) is 16.4. The Balaban J connectivity index is 1.68. The van der Waals surface area contributed by atoms with Gasteiger partial charge in [-0.05, 0) is 44.5 Å². The van der Waals surface area contributed by atoms with E-state index in [1.165, 1.54) is 12.8 Å². The molecule has 2 saturated heterocycles. The number of carbonyl (C=O) groups excluding carboxylic acids is 1. The van der Waals surface area contributed by atoms with Gasteiger partial charge in [0.1, 0.15) is 11.6 Å². The quantitative estimate of drug-likeness (QED) is 0.829. The fraction of sp³-hybridized carbons (Fsp3) is 0.533. The molecule has 0 aliphatic carbocycles. The number of rotatable bonds is 2. The van der Waals surface area contributed by atoms with Gasteiger partial charge in [0.15, 0.2) is 0 Å². The zero-order valence-corrected chi connectivity index (χ0v) is 11.3. The maximum atomic E-state index is 13.2. The summed E-state index contributed by atoms with van der Waals surface area (Å²) in [5, 5.41) is 0. The fourth-order valence-electron chi connectivity index (χ4n) is 3.19. The van der Waals surface area contributed by atoms with E-state index in [0.29, 0.717) is 19.1 Å². The van der Waals surface area contributed by atoms with Crippen molar-refractivity contribution in [3.05, 3.63) is 35.4 Å². The summed E-state index contributed by atoms with van der Waals surface area (Å²) < 4.78 is 26.4. The highest BCUT2D eigenvalue weighted by Gasteiger charge is 2.32. The highest BCUT2D eigenvalue weighted by molar-refractivity contribution is 5.94. The number of amides is 1. The first-order valence-electron chi connectivity index (χ1n) is 7.13. The molecule has 0 saturated carbocycles. The molecule has 1 atom stereocenters. The van der Waals surface area contributed by atoms with Gasteiger partial charge in [-0.15, -0.1) is 0 Å². The summed E-state index contributed by atoms with van der Waals surface area (Å²) in [5.74, 6) is -1.68. The lowest BCUT2D eigenvalue weighted by molar-refractivity contribution is 0.0779.